The van der Waals surface area contributed by atoms with Gasteiger partial charge in [-0.2, -0.15) is 0 Å². The largest absolute Gasteiger partial charge is 0.341 e. The number of carbonyl (C=O) groups excluding carboxylic acids is 2. The Bertz CT molecular complexity index is 664. The lowest BCUT2D eigenvalue weighted by Crippen LogP contribution is -2.39. The van der Waals surface area contributed by atoms with E-state index in [4.69, 9.17) is 0 Å². The number of anilines is 1. The molecule has 0 unspecified atom stereocenters. The summed E-state index contributed by atoms with van der Waals surface area (Å²) in [6, 6.07) is 0.410. The number of nitrogens with one attached hydrogen (secondary N) is 1. The van der Waals surface area contributed by atoms with E-state index in [0.717, 1.165) is 12.8 Å². The SMILES string of the molecule is O=C(Nc1cc(F)c(F)cc1F)N1CCCN(C(=O)C2CC2)CC1. The van der Waals surface area contributed by atoms with E-state index in [9.17, 15) is 22.8 Å². The summed E-state index contributed by atoms with van der Waals surface area (Å²) >= 11 is 0. The van der Waals surface area contributed by atoms with Crippen LogP contribution < -0.4 is 5.32 Å². The molecule has 1 saturated carbocycles. The van der Waals surface area contributed by atoms with E-state index in [1.54, 1.807) is 4.90 Å². The zero-order valence-corrected chi connectivity index (χ0v) is 13.0. The van der Waals surface area contributed by atoms with Crippen molar-refractivity contribution in [3.05, 3.63) is 29.6 Å². The minimum atomic E-state index is -1.31. The number of hydrogen-bond donors (Lipinski definition) is 1. The number of rotatable bonds is 2. The van der Waals surface area contributed by atoms with E-state index >= 15 is 0 Å². The molecule has 1 heterocycles. The van der Waals surface area contributed by atoms with Crippen molar-refractivity contribution in [2.24, 2.45) is 5.92 Å². The smallest absolute Gasteiger partial charge is 0.321 e. The Labute approximate surface area is 137 Å². The first-order valence-electron chi connectivity index (χ1n) is 7.95. The minimum Gasteiger partial charge on any atom is -0.341 e. The molecule has 3 rings (SSSR count). The van der Waals surface area contributed by atoms with Gasteiger partial charge in [0.05, 0.1) is 5.69 Å². The molecule has 0 spiro atoms. The van der Waals surface area contributed by atoms with Gasteiger partial charge in [0.1, 0.15) is 5.82 Å². The van der Waals surface area contributed by atoms with Crippen LogP contribution in [0.2, 0.25) is 0 Å². The Hall–Kier alpha value is -2.25. The number of carbonyl (C=O) groups is 2. The van der Waals surface area contributed by atoms with Gasteiger partial charge in [-0.05, 0) is 19.3 Å². The molecule has 130 valence electrons. The first kappa shape index (κ1) is 16.6. The van der Waals surface area contributed by atoms with Gasteiger partial charge in [-0.1, -0.05) is 0 Å². The van der Waals surface area contributed by atoms with Crippen LogP contribution in [0.25, 0.3) is 0 Å². The highest BCUT2D eigenvalue weighted by molar-refractivity contribution is 5.89. The molecule has 2 fully saturated rings. The summed E-state index contributed by atoms with van der Waals surface area (Å²) in [4.78, 5) is 27.5. The third-order valence-corrected chi connectivity index (χ3v) is 4.27. The van der Waals surface area contributed by atoms with Gasteiger partial charge in [-0.15, -0.1) is 0 Å². The van der Waals surface area contributed by atoms with Crippen molar-refractivity contribution in [1.82, 2.24) is 9.80 Å². The van der Waals surface area contributed by atoms with Crippen LogP contribution in [0.15, 0.2) is 12.1 Å². The summed E-state index contributed by atoms with van der Waals surface area (Å²) in [5.74, 6) is -3.33. The Morgan fingerprint density at radius 3 is 2.25 bits per heavy atom. The summed E-state index contributed by atoms with van der Waals surface area (Å²) in [5, 5.41) is 2.26. The second-order valence-electron chi connectivity index (χ2n) is 6.12. The second-order valence-corrected chi connectivity index (χ2v) is 6.12. The fourth-order valence-corrected chi connectivity index (χ4v) is 2.74. The third-order valence-electron chi connectivity index (χ3n) is 4.27. The Morgan fingerprint density at radius 1 is 0.917 bits per heavy atom. The molecule has 1 saturated heterocycles. The average molecular weight is 341 g/mol. The number of urea groups is 1. The van der Waals surface area contributed by atoms with Crippen LogP contribution in [0.4, 0.5) is 23.7 Å². The lowest BCUT2D eigenvalue weighted by atomic mass is 10.3. The molecule has 5 nitrogen and oxygen atoms in total. The first-order chi connectivity index (χ1) is 11.5. The van der Waals surface area contributed by atoms with Crippen molar-refractivity contribution in [2.75, 3.05) is 31.5 Å². The summed E-state index contributed by atoms with van der Waals surface area (Å²) in [7, 11) is 0. The van der Waals surface area contributed by atoms with Gasteiger partial charge in [0.25, 0.3) is 0 Å². The molecule has 1 aromatic rings. The molecular weight excluding hydrogens is 323 g/mol. The third kappa shape index (κ3) is 3.63. The van der Waals surface area contributed by atoms with Crippen LogP contribution in [0.5, 0.6) is 0 Å². The minimum absolute atomic E-state index is 0.127. The molecule has 0 radical (unpaired) electrons. The van der Waals surface area contributed by atoms with Gasteiger partial charge in [0.15, 0.2) is 11.6 Å². The van der Waals surface area contributed by atoms with Crippen LogP contribution in [0.1, 0.15) is 19.3 Å². The van der Waals surface area contributed by atoms with Gasteiger partial charge in [0.2, 0.25) is 5.91 Å². The number of hydrogen-bond acceptors (Lipinski definition) is 2. The maximum Gasteiger partial charge on any atom is 0.321 e. The van der Waals surface area contributed by atoms with E-state index in [1.807, 2.05) is 0 Å². The highest BCUT2D eigenvalue weighted by Gasteiger charge is 2.34. The van der Waals surface area contributed by atoms with Gasteiger partial charge in [-0.3, -0.25) is 4.79 Å². The van der Waals surface area contributed by atoms with Crippen molar-refractivity contribution >= 4 is 17.6 Å². The monoisotopic (exact) mass is 341 g/mol. The van der Waals surface area contributed by atoms with Crippen molar-refractivity contribution in [3.63, 3.8) is 0 Å². The summed E-state index contributed by atoms with van der Waals surface area (Å²) < 4.78 is 39.7. The summed E-state index contributed by atoms with van der Waals surface area (Å²) in [6.45, 7) is 1.73. The van der Waals surface area contributed by atoms with Gasteiger partial charge < -0.3 is 15.1 Å². The predicted octanol–water partition coefficient (Wildman–Crippen LogP) is 2.58. The van der Waals surface area contributed by atoms with Crippen LogP contribution in [-0.2, 0) is 4.79 Å². The molecule has 1 aliphatic carbocycles. The molecule has 3 amide bonds. The Kier molecular flexibility index (Phi) is 4.64. The Morgan fingerprint density at radius 2 is 1.54 bits per heavy atom. The van der Waals surface area contributed by atoms with E-state index in [-0.39, 0.29) is 11.8 Å². The fraction of sp³-hybridized carbons (Fsp3) is 0.500. The molecule has 0 aromatic heterocycles. The molecule has 24 heavy (non-hydrogen) atoms. The van der Waals surface area contributed by atoms with Gasteiger partial charge in [0, 0.05) is 44.2 Å². The van der Waals surface area contributed by atoms with Crippen molar-refractivity contribution in [3.8, 4) is 0 Å². The lowest BCUT2D eigenvalue weighted by Gasteiger charge is -2.22. The molecule has 8 heteroatoms. The lowest BCUT2D eigenvalue weighted by molar-refractivity contribution is -0.132. The highest BCUT2D eigenvalue weighted by atomic mass is 19.2. The zero-order chi connectivity index (χ0) is 17.3. The highest BCUT2D eigenvalue weighted by Crippen LogP contribution is 2.31. The van der Waals surface area contributed by atoms with Crippen LogP contribution in [0.3, 0.4) is 0 Å². The van der Waals surface area contributed by atoms with Crippen LogP contribution in [-0.4, -0.2) is 47.9 Å². The molecule has 1 N–H and O–H groups in total. The molecule has 1 aromatic carbocycles. The Balaban J connectivity index is 1.61. The number of halogens is 3. The van der Waals surface area contributed by atoms with E-state index in [2.05, 4.69) is 5.32 Å². The van der Waals surface area contributed by atoms with Crippen molar-refractivity contribution < 1.29 is 22.8 Å². The van der Waals surface area contributed by atoms with Crippen molar-refractivity contribution in [2.45, 2.75) is 19.3 Å². The standard InChI is InChI=1S/C16H18F3N3O2/c17-11-8-13(19)14(9-12(11)18)20-16(24)22-5-1-4-21(6-7-22)15(23)10-2-3-10/h8-10H,1-7H2,(H,20,24). The van der Waals surface area contributed by atoms with Gasteiger partial charge in [-0.25, -0.2) is 18.0 Å². The van der Waals surface area contributed by atoms with Crippen LogP contribution in [0, 0.1) is 23.4 Å². The maximum atomic E-state index is 13.6. The molecule has 2 aliphatic rings. The molecule has 0 bridgehead atoms. The summed E-state index contributed by atoms with van der Waals surface area (Å²) in [6.07, 6.45) is 2.47. The average Bonchev–Trinajstić information content (AvgIpc) is 3.38. The number of benzene rings is 1. The first-order valence-corrected chi connectivity index (χ1v) is 7.95. The normalized spacial score (nSPS) is 18.3. The zero-order valence-electron chi connectivity index (χ0n) is 13.0. The molecular formula is C16H18F3N3O2. The topological polar surface area (TPSA) is 52.7 Å². The predicted molar refractivity (Wildman–Crippen MR) is 80.8 cm³/mol. The van der Waals surface area contributed by atoms with Gasteiger partial charge >= 0.3 is 6.03 Å². The fourth-order valence-electron chi connectivity index (χ4n) is 2.74. The summed E-state index contributed by atoms with van der Waals surface area (Å²) in [5.41, 5.74) is -0.408. The number of nitrogens with zero attached hydrogens (tertiary/aromatic N) is 2. The molecule has 0 atom stereocenters. The van der Waals surface area contributed by atoms with Crippen molar-refractivity contribution in [1.29, 1.82) is 0 Å². The van der Waals surface area contributed by atoms with Crippen LogP contribution >= 0.6 is 0 Å². The quantitative estimate of drug-likeness (QED) is 0.841. The second kappa shape index (κ2) is 6.70. The van der Waals surface area contributed by atoms with E-state index in [0.29, 0.717) is 44.7 Å². The maximum absolute atomic E-state index is 13.6. The molecule has 1 aliphatic heterocycles. The van der Waals surface area contributed by atoms with E-state index in [1.165, 1.54) is 4.90 Å². The number of amides is 3. The van der Waals surface area contributed by atoms with E-state index < -0.39 is 29.2 Å².